The van der Waals surface area contributed by atoms with Crippen molar-refractivity contribution in [2.24, 2.45) is 0 Å². The van der Waals surface area contributed by atoms with Crippen molar-refractivity contribution < 1.29 is 19.0 Å². The number of carbonyl (C=O) groups excluding carboxylic acids is 1. The minimum absolute atomic E-state index is 0.116. The summed E-state index contributed by atoms with van der Waals surface area (Å²) in [4.78, 5) is 14.9. The fraction of sp³-hybridized carbons (Fsp3) is 0.650. The number of nitrogens with zero attached hydrogens (tertiary/aromatic N) is 1. The topological polar surface area (TPSA) is 60.0 Å². The highest BCUT2D eigenvalue weighted by atomic mass is 16.5. The summed E-state index contributed by atoms with van der Waals surface area (Å²) in [5.41, 5.74) is -0.0566. The second kappa shape index (κ2) is 10.5. The van der Waals surface area contributed by atoms with E-state index in [1.54, 1.807) is 7.11 Å². The smallest absolute Gasteiger partial charge is 0.256 e. The summed E-state index contributed by atoms with van der Waals surface area (Å²) in [6.07, 6.45) is 2.69. The molecule has 0 aromatic heterocycles. The highest BCUT2D eigenvalue weighted by molar-refractivity contribution is 5.97. The summed E-state index contributed by atoms with van der Waals surface area (Å²) in [6, 6.07) is 7.48. The van der Waals surface area contributed by atoms with E-state index in [4.69, 9.17) is 14.2 Å². The lowest BCUT2D eigenvalue weighted by molar-refractivity contribution is -0.136. The standard InChI is InChI=1S/C20H32N2O4/c1-4-5-10-20(2,24-3)19(23)21-17-6-8-18(9-7-17)26-16-13-22-11-14-25-15-12-22/h6-9H,4-5,10-16H2,1-3H3,(H,21,23)/t20-/m1/s1. The number of unbranched alkanes of at least 4 members (excludes halogenated alkanes) is 1. The summed E-state index contributed by atoms with van der Waals surface area (Å²) in [7, 11) is 1.58. The predicted molar refractivity (Wildman–Crippen MR) is 103 cm³/mol. The van der Waals surface area contributed by atoms with E-state index in [1.807, 2.05) is 31.2 Å². The summed E-state index contributed by atoms with van der Waals surface area (Å²) in [5.74, 6) is 0.686. The van der Waals surface area contributed by atoms with Crippen molar-refractivity contribution in [1.29, 1.82) is 0 Å². The maximum atomic E-state index is 12.5. The largest absolute Gasteiger partial charge is 0.492 e. The Morgan fingerprint density at radius 1 is 1.27 bits per heavy atom. The van der Waals surface area contributed by atoms with Crippen molar-refractivity contribution in [1.82, 2.24) is 4.90 Å². The van der Waals surface area contributed by atoms with Crippen LogP contribution in [0, 0.1) is 0 Å². The molecule has 1 saturated heterocycles. The SMILES string of the molecule is CCCC[C@@](C)(OC)C(=O)Nc1ccc(OCCN2CCOCC2)cc1. The van der Waals surface area contributed by atoms with Crippen LogP contribution < -0.4 is 10.1 Å². The van der Waals surface area contributed by atoms with Gasteiger partial charge in [0, 0.05) is 32.4 Å². The molecule has 146 valence electrons. The van der Waals surface area contributed by atoms with E-state index in [0.717, 1.165) is 57.1 Å². The molecular weight excluding hydrogens is 332 g/mol. The number of rotatable bonds is 10. The van der Waals surface area contributed by atoms with Crippen molar-refractivity contribution >= 4 is 11.6 Å². The molecule has 0 spiro atoms. The monoisotopic (exact) mass is 364 g/mol. The number of ether oxygens (including phenoxy) is 3. The molecule has 1 aliphatic rings. The van der Waals surface area contributed by atoms with Crippen LogP contribution in [0.1, 0.15) is 33.1 Å². The number of benzene rings is 1. The van der Waals surface area contributed by atoms with Crippen molar-refractivity contribution in [3.63, 3.8) is 0 Å². The van der Waals surface area contributed by atoms with E-state index in [2.05, 4.69) is 17.1 Å². The number of morpholine rings is 1. The molecule has 0 aliphatic carbocycles. The fourth-order valence-corrected chi connectivity index (χ4v) is 2.84. The zero-order chi connectivity index (χ0) is 18.8. The summed E-state index contributed by atoms with van der Waals surface area (Å²) in [5, 5.41) is 2.94. The third-order valence-corrected chi connectivity index (χ3v) is 4.83. The van der Waals surface area contributed by atoms with Gasteiger partial charge in [-0.3, -0.25) is 9.69 Å². The number of hydrogen-bond acceptors (Lipinski definition) is 5. The quantitative estimate of drug-likeness (QED) is 0.692. The molecule has 1 aromatic rings. The van der Waals surface area contributed by atoms with E-state index in [9.17, 15) is 4.79 Å². The van der Waals surface area contributed by atoms with Crippen LogP contribution in [-0.4, -0.2) is 63.0 Å². The average Bonchev–Trinajstić information content (AvgIpc) is 2.68. The fourth-order valence-electron chi connectivity index (χ4n) is 2.84. The molecule has 1 heterocycles. The molecule has 2 rings (SSSR count). The molecule has 0 unspecified atom stereocenters. The van der Waals surface area contributed by atoms with Crippen LogP contribution in [0.2, 0.25) is 0 Å². The van der Waals surface area contributed by atoms with Crippen LogP contribution in [0.25, 0.3) is 0 Å². The number of carbonyl (C=O) groups is 1. The van der Waals surface area contributed by atoms with Crippen molar-refractivity contribution in [2.75, 3.05) is 51.9 Å². The molecule has 0 radical (unpaired) electrons. The molecule has 1 N–H and O–H groups in total. The number of anilines is 1. The zero-order valence-electron chi connectivity index (χ0n) is 16.3. The van der Waals surface area contributed by atoms with Gasteiger partial charge in [-0.15, -0.1) is 0 Å². The zero-order valence-corrected chi connectivity index (χ0v) is 16.3. The maximum absolute atomic E-state index is 12.5. The van der Waals surface area contributed by atoms with Gasteiger partial charge in [-0.1, -0.05) is 19.8 Å². The van der Waals surface area contributed by atoms with Crippen LogP contribution in [-0.2, 0) is 14.3 Å². The van der Waals surface area contributed by atoms with Gasteiger partial charge in [0.2, 0.25) is 0 Å². The lowest BCUT2D eigenvalue weighted by Gasteiger charge is -2.27. The number of amides is 1. The summed E-state index contributed by atoms with van der Waals surface area (Å²) >= 11 is 0. The van der Waals surface area contributed by atoms with Crippen LogP contribution in [0.4, 0.5) is 5.69 Å². The lowest BCUT2D eigenvalue weighted by atomic mass is 9.97. The molecule has 1 amide bonds. The van der Waals surface area contributed by atoms with Gasteiger partial charge in [0.05, 0.1) is 13.2 Å². The lowest BCUT2D eigenvalue weighted by Crippen LogP contribution is -2.41. The Balaban J connectivity index is 1.79. The van der Waals surface area contributed by atoms with E-state index >= 15 is 0 Å². The van der Waals surface area contributed by atoms with Crippen LogP contribution in [0.5, 0.6) is 5.75 Å². The van der Waals surface area contributed by atoms with Crippen LogP contribution in [0.15, 0.2) is 24.3 Å². The Kier molecular flexibility index (Phi) is 8.35. The third-order valence-electron chi connectivity index (χ3n) is 4.83. The molecule has 26 heavy (non-hydrogen) atoms. The van der Waals surface area contributed by atoms with E-state index in [-0.39, 0.29) is 5.91 Å². The van der Waals surface area contributed by atoms with Crippen molar-refractivity contribution in [2.45, 2.75) is 38.7 Å². The normalized spacial score (nSPS) is 17.5. The molecule has 0 saturated carbocycles. The van der Waals surface area contributed by atoms with Gasteiger partial charge >= 0.3 is 0 Å². The summed E-state index contributed by atoms with van der Waals surface area (Å²) < 4.78 is 16.6. The molecule has 6 nitrogen and oxygen atoms in total. The average molecular weight is 364 g/mol. The molecule has 1 fully saturated rings. The number of nitrogens with one attached hydrogen (secondary N) is 1. The second-order valence-corrected chi connectivity index (χ2v) is 6.82. The highest BCUT2D eigenvalue weighted by Gasteiger charge is 2.32. The minimum Gasteiger partial charge on any atom is -0.492 e. The minimum atomic E-state index is -0.802. The van der Waals surface area contributed by atoms with E-state index < -0.39 is 5.60 Å². The van der Waals surface area contributed by atoms with Gasteiger partial charge in [-0.2, -0.15) is 0 Å². The van der Waals surface area contributed by atoms with Crippen molar-refractivity contribution in [3.05, 3.63) is 24.3 Å². The third kappa shape index (κ3) is 6.27. The van der Waals surface area contributed by atoms with Gasteiger partial charge in [0.25, 0.3) is 5.91 Å². The Morgan fingerprint density at radius 3 is 2.58 bits per heavy atom. The Morgan fingerprint density at radius 2 is 1.96 bits per heavy atom. The molecule has 1 aliphatic heterocycles. The molecular formula is C20H32N2O4. The van der Waals surface area contributed by atoms with Gasteiger partial charge in [-0.25, -0.2) is 0 Å². The van der Waals surface area contributed by atoms with Crippen LogP contribution >= 0.6 is 0 Å². The summed E-state index contributed by atoms with van der Waals surface area (Å²) in [6.45, 7) is 9.00. The first kappa shape index (κ1) is 20.7. The Labute approximate surface area is 156 Å². The molecule has 6 heteroatoms. The Hall–Kier alpha value is -1.63. The Bertz CT molecular complexity index is 543. The van der Waals surface area contributed by atoms with E-state index in [1.165, 1.54) is 0 Å². The molecule has 0 bridgehead atoms. The van der Waals surface area contributed by atoms with Gasteiger partial charge in [0.1, 0.15) is 18.0 Å². The predicted octanol–water partition coefficient (Wildman–Crippen LogP) is 2.93. The second-order valence-electron chi connectivity index (χ2n) is 6.82. The maximum Gasteiger partial charge on any atom is 0.256 e. The first-order chi connectivity index (χ1) is 12.6. The van der Waals surface area contributed by atoms with Gasteiger partial charge < -0.3 is 19.5 Å². The number of hydrogen-bond donors (Lipinski definition) is 1. The highest BCUT2D eigenvalue weighted by Crippen LogP contribution is 2.22. The first-order valence-corrected chi connectivity index (χ1v) is 9.47. The molecule has 1 atom stereocenters. The first-order valence-electron chi connectivity index (χ1n) is 9.47. The van der Waals surface area contributed by atoms with Gasteiger partial charge in [-0.05, 0) is 37.6 Å². The van der Waals surface area contributed by atoms with Crippen LogP contribution in [0.3, 0.4) is 0 Å². The molecule has 1 aromatic carbocycles. The van der Waals surface area contributed by atoms with E-state index in [0.29, 0.717) is 13.0 Å². The number of methoxy groups -OCH3 is 1. The van der Waals surface area contributed by atoms with Gasteiger partial charge in [0.15, 0.2) is 0 Å². The van der Waals surface area contributed by atoms with Crippen molar-refractivity contribution in [3.8, 4) is 5.75 Å².